The molecule has 5 aliphatic rings. The zero-order valence-electron chi connectivity index (χ0n) is 72.3. The minimum atomic E-state index is -4.70. The van der Waals surface area contributed by atoms with E-state index in [0.29, 0.717) is 87.7 Å². The number of hydrogen-bond donors (Lipinski definition) is 9. The van der Waals surface area contributed by atoms with Crippen LogP contribution in [0.5, 0.6) is 46.0 Å². The van der Waals surface area contributed by atoms with Crippen LogP contribution in [0.15, 0.2) is 165 Å². The molecule has 0 radical (unpaired) electrons. The summed E-state index contributed by atoms with van der Waals surface area (Å²) < 4.78 is 318. The van der Waals surface area contributed by atoms with Crippen LogP contribution >= 0.6 is 0 Å². The highest BCUT2D eigenvalue weighted by molar-refractivity contribution is 7.90. The first-order chi connectivity index (χ1) is 65.1. The van der Waals surface area contributed by atoms with Crippen LogP contribution in [0.1, 0.15) is 20.8 Å². The number of halogens is 12. The molecule has 4 atom stereocenters. The Hall–Kier alpha value is -12.8. The van der Waals surface area contributed by atoms with Crippen LogP contribution in [0.4, 0.5) is 67.1 Å². The monoisotopic (exact) mass is 2040 g/mol. The molecule has 5 heterocycles. The molecule has 0 spiro atoms. The number of nitrogens with one attached hydrogen (secondary N) is 5. The maximum atomic E-state index is 14.8. The lowest BCUT2D eigenvalue weighted by molar-refractivity contribution is -0.135. The maximum Gasteiger partial charge on any atom is 0.410 e. The molecule has 0 bridgehead atoms. The first kappa shape index (κ1) is 107. The number of morpholine rings is 1. The number of carbonyl (C=O) groups excluding carboxylic acids is 7. The molecule has 56 heteroatoms. The van der Waals surface area contributed by atoms with Gasteiger partial charge in [-0.3, -0.25) is 40.0 Å². The van der Waals surface area contributed by atoms with E-state index in [1.165, 1.54) is 38.8 Å². The fourth-order valence-corrected chi connectivity index (χ4v) is 19.9. The molecule has 0 saturated carbocycles. The molecule has 9 N–H and O–H groups in total. The van der Waals surface area contributed by atoms with E-state index in [0.717, 1.165) is 111 Å². The van der Waals surface area contributed by atoms with Gasteiger partial charge in [0.25, 0.3) is 23.6 Å². The number of benzene rings is 8. The fraction of sp³-hybridized carbons (Fsp3) is 0.329. The standard InChI is InChI=1S/C22H23F3N4O7S.C22H24F3N3O7S.C21H22F3N3O8S.C17H16F3N3O5S/c23-14-1-3-15(4-2-14)36-20-17(24)11-16(12-18(20)25)37(33,34)29-6-5-28(13-19(29)21(30)26-32)22(31)27-7-9-35-10-8-27;1-22(2,3)35-21(30)27-8-9-28(18(12-27)20(29)26-31)36(32,33)15-10-16(24)19(17(25)11-15)34-14-6-4-13(23)5-7-14;1-33-8-9-34-21(29)26-6-7-27(18(12-26)20(28)25-30)36(31,32)15-10-16(23)19(17(24)11-15)35-14-4-2-13(22)3-5-14;18-10-1-3-11(4-2-10)28-16-13(19)7-12(8-14(16)20)29(26,27)23-6-5-21-9-15(23)17(24)22-25/h1-4,11-12,19,32H,5-10,13H2,(H,26,30);4-7,10-11,18,31H,8-9,12H2,1-3H3,(H,26,29);2-5,10-11,18,30H,6-9,12H2,1H3,(H,25,28);1-4,7-8,15,21,25H,5-6,9H2,(H,22,24)/t19-;2*18-;15-/m1111/s1. The van der Waals surface area contributed by atoms with Gasteiger partial charge in [-0.15, -0.1) is 0 Å². The average molecular weight is 2040 g/mol. The molecule has 5 saturated heterocycles. The predicted octanol–water partition coefficient (Wildman–Crippen LogP) is 7.76. The van der Waals surface area contributed by atoms with Crippen molar-refractivity contribution in [2.45, 2.75) is 70.1 Å². The highest BCUT2D eigenvalue weighted by Crippen LogP contribution is 2.39. The molecule has 748 valence electrons. The smallest absolute Gasteiger partial charge is 0.410 e. The van der Waals surface area contributed by atoms with Crippen molar-refractivity contribution in [2.24, 2.45) is 0 Å². The van der Waals surface area contributed by atoms with Gasteiger partial charge < -0.3 is 62.8 Å². The second kappa shape index (κ2) is 46.5. The van der Waals surface area contributed by atoms with Gasteiger partial charge in [-0.05, 0) is 166 Å². The molecule has 5 aliphatic heterocycles. The Morgan fingerprint density at radius 3 is 0.920 bits per heavy atom. The SMILES string of the molecule is CC(C)(C)OC(=O)N1CCN(S(=O)(=O)c2cc(F)c(Oc3ccc(F)cc3)c(F)c2)[C@@H](C(=O)NO)C1.COCCOC(=O)N1CCN(S(=O)(=O)c2cc(F)c(Oc3ccc(F)cc3)c(F)c2)[C@@H](C(=O)NO)C1.O=C(NO)[C@H]1CN(C(=O)N2CCOCC2)CCN1S(=O)(=O)c1cc(F)c(Oc2ccc(F)cc2)c(F)c1.O=C(NO)[C@H]1CNCCN1S(=O)(=O)c1cc(F)c(Oc2ccc(F)cc2)c(F)c1. The Bertz CT molecular complexity index is 6150. The first-order valence-electron chi connectivity index (χ1n) is 40.4. The van der Waals surface area contributed by atoms with E-state index in [-0.39, 0.29) is 82.0 Å². The number of hydroxylamine groups is 4. The van der Waals surface area contributed by atoms with Crippen molar-refractivity contribution < 1.29 is 179 Å². The van der Waals surface area contributed by atoms with Crippen molar-refractivity contribution >= 4 is 81.9 Å². The van der Waals surface area contributed by atoms with Gasteiger partial charge >= 0.3 is 18.2 Å². The fourth-order valence-electron chi connectivity index (χ4n) is 13.5. The summed E-state index contributed by atoms with van der Waals surface area (Å²) in [5, 5.41) is 39.0. The van der Waals surface area contributed by atoms with Crippen LogP contribution in [0, 0.1) is 69.8 Å². The summed E-state index contributed by atoms with van der Waals surface area (Å²) in [4.78, 5) is 87.8. The maximum absolute atomic E-state index is 14.8. The van der Waals surface area contributed by atoms with Gasteiger partial charge in [0.2, 0.25) is 40.1 Å². The van der Waals surface area contributed by atoms with Gasteiger partial charge in [-0.1, -0.05) is 0 Å². The van der Waals surface area contributed by atoms with Crippen molar-refractivity contribution in [2.75, 3.05) is 125 Å². The van der Waals surface area contributed by atoms with Gasteiger partial charge in [0.15, 0.2) is 69.5 Å². The van der Waals surface area contributed by atoms with Crippen LogP contribution in [-0.4, -0.2) is 288 Å². The lowest BCUT2D eigenvalue weighted by Crippen LogP contribution is -2.63. The van der Waals surface area contributed by atoms with Gasteiger partial charge in [0.1, 0.15) is 82.6 Å². The Balaban J connectivity index is 0.000000191. The van der Waals surface area contributed by atoms with E-state index in [4.69, 9.17) is 53.5 Å². The number of methoxy groups -OCH3 is 1. The highest BCUT2D eigenvalue weighted by atomic mass is 32.2. The molecule has 0 unspecified atom stereocenters. The van der Waals surface area contributed by atoms with E-state index < -0.39 is 257 Å². The summed E-state index contributed by atoms with van der Waals surface area (Å²) in [6.45, 7) is 2.96. The number of ether oxygens (including phenoxy) is 8. The second-order valence-electron chi connectivity index (χ2n) is 30.5. The number of piperazine rings is 4. The van der Waals surface area contributed by atoms with E-state index in [2.05, 4.69) is 5.32 Å². The molecule has 0 aliphatic carbocycles. The van der Waals surface area contributed by atoms with Crippen molar-refractivity contribution in [3.63, 3.8) is 0 Å². The number of urea groups is 1. The van der Waals surface area contributed by atoms with E-state index >= 15 is 0 Å². The zero-order valence-corrected chi connectivity index (χ0v) is 75.6. The van der Waals surface area contributed by atoms with Crippen molar-refractivity contribution in [3.8, 4) is 46.0 Å². The number of rotatable bonds is 23. The molecule has 40 nitrogen and oxygen atoms in total. The second-order valence-corrected chi connectivity index (χ2v) is 38.1. The summed E-state index contributed by atoms with van der Waals surface area (Å²) >= 11 is 0. The van der Waals surface area contributed by atoms with Crippen molar-refractivity contribution in [1.29, 1.82) is 0 Å². The van der Waals surface area contributed by atoms with Gasteiger partial charge in [0.05, 0.1) is 39.4 Å². The normalized spacial score (nSPS) is 17.5. The lowest BCUT2D eigenvalue weighted by Gasteiger charge is -2.41. The minimum absolute atomic E-state index is 0.0541. The van der Waals surface area contributed by atoms with Gasteiger partial charge in [-0.25, -0.2) is 123 Å². The molecule has 13 rings (SSSR count). The quantitative estimate of drug-likeness (QED) is 0.0128. The number of carbonyl (C=O) groups is 7. The molecule has 0 aromatic heterocycles. The van der Waals surface area contributed by atoms with Gasteiger partial charge in [0, 0.05) is 98.7 Å². The van der Waals surface area contributed by atoms with E-state index in [9.17, 15) is 125 Å². The van der Waals surface area contributed by atoms with Crippen LogP contribution in [0.25, 0.3) is 0 Å². The first-order valence-corrected chi connectivity index (χ1v) is 46.2. The molecular formula is C82H85F12N13O27S4. The average Bonchev–Trinajstić information content (AvgIpc) is 0.771. The summed E-state index contributed by atoms with van der Waals surface area (Å²) in [6, 6.07) is 14.8. The molecular weight excluding hydrogens is 1960 g/mol. The highest BCUT2D eigenvalue weighted by Gasteiger charge is 2.48. The van der Waals surface area contributed by atoms with Crippen molar-refractivity contribution in [1.82, 2.24) is 64.1 Å². The molecule has 138 heavy (non-hydrogen) atoms. The molecule has 8 amide bonds. The predicted molar refractivity (Wildman–Crippen MR) is 447 cm³/mol. The third-order valence-corrected chi connectivity index (χ3v) is 27.8. The lowest BCUT2D eigenvalue weighted by atomic mass is 10.2. The van der Waals surface area contributed by atoms with Crippen molar-refractivity contribution in [3.05, 3.63) is 215 Å². The van der Waals surface area contributed by atoms with E-state index in [1.54, 1.807) is 20.8 Å². The molecule has 8 aromatic carbocycles. The summed E-state index contributed by atoms with van der Waals surface area (Å²) in [6.07, 6.45) is -1.66. The Kier molecular flexibility index (Phi) is 36.2. The van der Waals surface area contributed by atoms with Crippen LogP contribution in [-0.2, 0) is 78.2 Å². The number of nitrogens with zero attached hydrogens (tertiary/aromatic N) is 8. The largest absolute Gasteiger partial charge is 0.451 e. The summed E-state index contributed by atoms with van der Waals surface area (Å²) in [5.74, 6) is -21.6. The summed E-state index contributed by atoms with van der Waals surface area (Å²) in [5.41, 5.74) is 4.56. The van der Waals surface area contributed by atoms with Crippen LogP contribution in [0.2, 0.25) is 0 Å². The van der Waals surface area contributed by atoms with Crippen LogP contribution in [0.3, 0.4) is 0 Å². The Morgan fingerprint density at radius 2 is 0.638 bits per heavy atom. The number of sulfonamides is 4. The minimum Gasteiger partial charge on any atom is -0.451 e. The topological polar surface area (TPSA) is 497 Å². The third kappa shape index (κ3) is 26.5. The van der Waals surface area contributed by atoms with Gasteiger partial charge in [-0.2, -0.15) is 17.2 Å². The summed E-state index contributed by atoms with van der Waals surface area (Å²) in [7, 11) is -17.1. The zero-order chi connectivity index (χ0) is 101. The van der Waals surface area contributed by atoms with Crippen LogP contribution < -0.4 is 46.2 Å². The Labute approximate surface area is 777 Å². The number of amides is 8. The number of hydrogen-bond acceptors (Lipinski definition) is 28. The molecule has 5 fully saturated rings. The molecule has 8 aromatic rings. The Morgan fingerprint density at radius 1 is 0.370 bits per heavy atom. The van der Waals surface area contributed by atoms with E-state index in [1.807, 2.05) is 0 Å². The third-order valence-electron chi connectivity index (χ3n) is 20.3.